The summed E-state index contributed by atoms with van der Waals surface area (Å²) in [5.41, 5.74) is 2.60. The first-order valence-corrected chi connectivity index (χ1v) is 6.69. The van der Waals surface area contributed by atoms with Gasteiger partial charge in [-0.15, -0.1) is 0 Å². The van der Waals surface area contributed by atoms with Gasteiger partial charge in [-0.05, 0) is 44.9 Å². The minimum atomic E-state index is 0.223. The van der Waals surface area contributed by atoms with Crippen molar-refractivity contribution >= 4 is 11.0 Å². The van der Waals surface area contributed by atoms with Crippen LogP contribution in [-0.2, 0) is 6.42 Å². The predicted octanol–water partition coefficient (Wildman–Crippen LogP) is 2.80. The largest absolute Gasteiger partial charge is 0.396 e. The number of nitrogens with zero attached hydrogens (tertiary/aromatic N) is 3. The molecule has 4 heteroatoms. The van der Waals surface area contributed by atoms with Crippen molar-refractivity contribution in [3.05, 3.63) is 29.6 Å². The fraction of sp³-hybridized carbons (Fsp3) is 0.467. The van der Waals surface area contributed by atoms with E-state index < -0.39 is 0 Å². The normalized spacial score (nSPS) is 11.1. The van der Waals surface area contributed by atoms with E-state index in [0.717, 1.165) is 36.1 Å². The molecule has 0 aliphatic carbocycles. The Balaban J connectivity index is 2.44. The molecule has 100 valence electrons. The summed E-state index contributed by atoms with van der Waals surface area (Å²) in [6.07, 6.45) is 2.58. The van der Waals surface area contributed by atoms with Gasteiger partial charge >= 0.3 is 0 Å². The lowest BCUT2D eigenvalue weighted by molar-refractivity contribution is 0.284. The summed E-state index contributed by atoms with van der Waals surface area (Å²) in [6, 6.07) is 8.12. The van der Waals surface area contributed by atoms with E-state index in [1.807, 2.05) is 18.2 Å². The Bertz CT molecular complexity index is 608. The third kappa shape index (κ3) is 2.77. The first kappa shape index (κ1) is 13.6. The molecule has 0 amide bonds. The number of aliphatic hydroxyl groups is 1. The van der Waals surface area contributed by atoms with Gasteiger partial charge in [0.25, 0.3) is 0 Å². The molecule has 1 aromatic heterocycles. The Morgan fingerprint density at radius 2 is 2.16 bits per heavy atom. The van der Waals surface area contributed by atoms with Crippen LogP contribution < -0.4 is 0 Å². The van der Waals surface area contributed by atoms with Gasteiger partial charge in [-0.3, -0.25) is 0 Å². The molecule has 0 fully saturated rings. The lowest BCUT2D eigenvalue weighted by atomic mass is 10.2. The first-order chi connectivity index (χ1) is 9.17. The quantitative estimate of drug-likeness (QED) is 0.838. The molecule has 0 saturated carbocycles. The molecule has 0 aliphatic rings. The second kappa shape index (κ2) is 5.85. The van der Waals surface area contributed by atoms with Gasteiger partial charge in [-0.2, -0.15) is 5.26 Å². The highest BCUT2D eigenvalue weighted by Crippen LogP contribution is 2.23. The highest BCUT2D eigenvalue weighted by Gasteiger charge is 2.13. The maximum atomic E-state index is 8.94. The van der Waals surface area contributed by atoms with E-state index in [9.17, 15) is 0 Å². The molecule has 0 spiro atoms. The summed E-state index contributed by atoms with van der Waals surface area (Å²) in [7, 11) is 0. The molecule has 2 aromatic rings. The van der Waals surface area contributed by atoms with Gasteiger partial charge in [0.15, 0.2) is 0 Å². The molecule has 0 aliphatic heterocycles. The summed E-state index contributed by atoms with van der Waals surface area (Å²) < 4.78 is 2.22. The van der Waals surface area contributed by atoms with Gasteiger partial charge in [0.2, 0.25) is 0 Å². The van der Waals surface area contributed by atoms with E-state index in [-0.39, 0.29) is 6.61 Å². The third-order valence-corrected chi connectivity index (χ3v) is 3.22. The smallest absolute Gasteiger partial charge is 0.110 e. The maximum Gasteiger partial charge on any atom is 0.110 e. The zero-order valence-corrected chi connectivity index (χ0v) is 11.4. The summed E-state index contributed by atoms with van der Waals surface area (Å²) in [5, 5.41) is 17.8. The second-order valence-corrected chi connectivity index (χ2v) is 4.99. The van der Waals surface area contributed by atoms with Crippen LogP contribution in [0.25, 0.3) is 11.0 Å². The fourth-order valence-corrected chi connectivity index (χ4v) is 2.37. The average Bonchev–Trinajstić information content (AvgIpc) is 2.76. The number of benzene rings is 1. The van der Waals surface area contributed by atoms with Gasteiger partial charge in [-0.1, -0.05) is 0 Å². The molecule has 4 nitrogen and oxygen atoms in total. The number of aliphatic hydroxyl groups excluding tert-OH is 1. The molecule has 1 aromatic carbocycles. The van der Waals surface area contributed by atoms with Crippen LogP contribution in [0.5, 0.6) is 0 Å². The van der Waals surface area contributed by atoms with Gasteiger partial charge in [-0.25, -0.2) is 4.98 Å². The Morgan fingerprint density at radius 3 is 2.79 bits per heavy atom. The standard InChI is InChI=1S/C15H19N3O/c1-11(2)18-14-7-6-12(10-16)9-13(14)17-15(18)5-3-4-8-19/h6-7,9,11,19H,3-5,8H2,1-2H3. The van der Waals surface area contributed by atoms with Crippen LogP contribution in [0.1, 0.15) is 44.1 Å². The van der Waals surface area contributed by atoms with Gasteiger partial charge in [0.1, 0.15) is 5.82 Å². The molecule has 0 radical (unpaired) electrons. The Kier molecular flexibility index (Phi) is 4.18. The van der Waals surface area contributed by atoms with Crippen molar-refractivity contribution in [2.24, 2.45) is 0 Å². The molecule has 1 N–H and O–H groups in total. The number of aromatic nitrogens is 2. The molecule has 0 saturated heterocycles. The lowest BCUT2D eigenvalue weighted by Crippen LogP contribution is -2.06. The number of nitriles is 1. The van der Waals surface area contributed by atoms with Crippen molar-refractivity contribution in [3.8, 4) is 6.07 Å². The molecule has 0 unspecified atom stereocenters. The topological polar surface area (TPSA) is 61.8 Å². The Hall–Kier alpha value is -1.86. The van der Waals surface area contributed by atoms with Crippen LogP contribution in [0, 0.1) is 11.3 Å². The average molecular weight is 257 g/mol. The zero-order chi connectivity index (χ0) is 13.8. The number of imidazole rings is 1. The van der Waals surface area contributed by atoms with E-state index >= 15 is 0 Å². The van der Waals surface area contributed by atoms with Crippen LogP contribution in [0.15, 0.2) is 18.2 Å². The van der Waals surface area contributed by atoms with Gasteiger partial charge < -0.3 is 9.67 Å². The number of fused-ring (bicyclic) bond motifs is 1. The first-order valence-electron chi connectivity index (χ1n) is 6.69. The van der Waals surface area contributed by atoms with Crippen LogP contribution in [0.2, 0.25) is 0 Å². The lowest BCUT2D eigenvalue weighted by Gasteiger charge is -2.12. The van der Waals surface area contributed by atoms with Crippen molar-refractivity contribution < 1.29 is 5.11 Å². The Morgan fingerprint density at radius 1 is 1.37 bits per heavy atom. The van der Waals surface area contributed by atoms with Crippen molar-refractivity contribution in [1.29, 1.82) is 5.26 Å². The van der Waals surface area contributed by atoms with Crippen LogP contribution in [0.3, 0.4) is 0 Å². The molecule has 1 heterocycles. The molecule has 0 atom stereocenters. The number of hydrogen-bond donors (Lipinski definition) is 1. The van der Waals surface area contributed by atoms with E-state index in [0.29, 0.717) is 11.6 Å². The zero-order valence-electron chi connectivity index (χ0n) is 11.4. The van der Waals surface area contributed by atoms with E-state index in [2.05, 4.69) is 29.5 Å². The summed E-state index contributed by atoms with van der Waals surface area (Å²) >= 11 is 0. The van der Waals surface area contributed by atoms with Crippen LogP contribution in [-0.4, -0.2) is 21.3 Å². The molecular formula is C15H19N3O. The van der Waals surface area contributed by atoms with E-state index in [1.54, 1.807) is 0 Å². The monoisotopic (exact) mass is 257 g/mol. The summed E-state index contributed by atoms with van der Waals surface area (Å²) in [4.78, 5) is 4.64. The SMILES string of the molecule is CC(C)n1c(CCCCO)nc2cc(C#N)ccc21. The predicted molar refractivity (Wildman–Crippen MR) is 74.9 cm³/mol. The number of rotatable bonds is 5. The molecule has 2 rings (SSSR count). The van der Waals surface area contributed by atoms with E-state index in [4.69, 9.17) is 10.4 Å². The highest BCUT2D eigenvalue weighted by atomic mass is 16.2. The van der Waals surface area contributed by atoms with Gasteiger partial charge in [0, 0.05) is 19.1 Å². The van der Waals surface area contributed by atoms with Crippen molar-refractivity contribution in [3.63, 3.8) is 0 Å². The highest BCUT2D eigenvalue weighted by molar-refractivity contribution is 5.78. The fourth-order valence-electron chi connectivity index (χ4n) is 2.37. The van der Waals surface area contributed by atoms with Crippen LogP contribution >= 0.6 is 0 Å². The summed E-state index contributed by atoms with van der Waals surface area (Å²) in [5.74, 6) is 1.04. The minimum absolute atomic E-state index is 0.223. The number of aryl methyl sites for hydroxylation is 1. The number of hydrogen-bond acceptors (Lipinski definition) is 3. The second-order valence-electron chi connectivity index (χ2n) is 4.99. The van der Waals surface area contributed by atoms with Crippen LogP contribution in [0.4, 0.5) is 0 Å². The van der Waals surface area contributed by atoms with Gasteiger partial charge in [0.05, 0.1) is 22.7 Å². The number of unbranched alkanes of at least 4 members (excludes halogenated alkanes) is 1. The van der Waals surface area contributed by atoms with Crippen molar-refractivity contribution in [2.75, 3.05) is 6.61 Å². The van der Waals surface area contributed by atoms with Crippen molar-refractivity contribution in [1.82, 2.24) is 9.55 Å². The minimum Gasteiger partial charge on any atom is -0.396 e. The summed E-state index contributed by atoms with van der Waals surface area (Å²) in [6.45, 7) is 4.49. The maximum absolute atomic E-state index is 8.94. The molecule has 0 bridgehead atoms. The third-order valence-electron chi connectivity index (χ3n) is 3.22. The molecular weight excluding hydrogens is 238 g/mol. The van der Waals surface area contributed by atoms with Crippen molar-refractivity contribution in [2.45, 2.75) is 39.2 Å². The Labute approximate surface area is 113 Å². The molecule has 19 heavy (non-hydrogen) atoms. The van der Waals surface area contributed by atoms with E-state index in [1.165, 1.54) is 0 Å².